The third-order valence-electron chi connectivity index (χ3n) is 7.46. The fraction of sp³-hybridized carbons (Fsp3) is 0.189. The number of carbonyl (C=O) groups is 2. The number of carboxylic acids is 1. The Bertz CT molecular complexity index is 1980. The Morgan fingerprint density at radius 3 is 1.54 bits per heavy atom. The van der Waals surface area contributed by atoms with Crippen LogP contribution < -0.4 is 0 Å². The Labute approximate surface area is 288 Å². The van der Waals surface area contributed by atoms with Crippen molar-refractivity contribution in [3.63, 3.8) is 0 Å². The molecule has 4 heterocycles. The summed E-state index contributed by atoms with van der Waals surface area (Å²) in [7, 11) is 2.97. The van der Waals surface area contributed by atoms with Crippen LogP contribution in [0.5, 0.6) is 0 Å². The Balaban J connectivity index is 0.000000222. The fourth-order valence-electron chi connectivity index (χ4n) is 4.81. The molecule has 0 radical (unpaired) electrons. The van der Waals surface area contributed by atoms with Crippen LogP contribution in [-0.2, 0) is 30.8 Å². The van der Waals surface area contributed by atoms with Gasteiger partial charge in [0, 0.05) is 38.6 Å². The minimum absolute atomic E-state index is 0. The highest BCUT2D eigenvalue weighted by Gasteiger charge is 2.20. The molecule has 0 spiro atoms. The average Bonchev–Trinajstić information content (AvgIpc) is 3.77. The van der Waals surface area contributed by atoms with E-state index in [1.165, 1.54) is 42.1 Å². The van der Waals surface area contributed by atoms with E-state index in [0.717, 1.165) is 16.2 Å². The number of hydrogen-bond acceptors (Lipinski definition) is 7. The van der Waals surface area contributed by atoms with Gasteiger partial charge in [-0.15, -0.1) is 0 Å². The molecule has 0 fully saturated rings. The van der Waals surface area contributed by atoms with Crippen molar-refractivity contribution in [3.05, 3.63) is 144 Å². The van der Waals surface area contributed by atoms with E-state index < -0.39 is 5.97 Å². The number of carbonyl (C=O) groups excluding carboxylic acids is 1. The fourth-order valence-corrected chi connectivity index (χ4v) is 4.81. The van der Waals surface area contributed by atoms with Gasteiger partial charge in [0.1, 0.15) is 34.4 Å². The smallest absolute Gasteiger partial charge is 0.354 e. The van der Waals surface area contributed by atoms with E-state index in [4.69, 9.17) is 4.84 Å². The van der Waals surface area contributed by atoms with E-state index in [1.807, 2.05) is 24.3 Å². The number of pyridine rings is 2. The lowest BCUT2D eigenvalue weighted by Crippen LogP contribution is -2.28. The largest absolute Gasteiger partial charge is 0.477 e. The van der Waals surface area contributed by atoms with Crippen LogP contribution in [0, 0.1) is 11.6 Å². The van der Waals surface area contributed by atoms with Crippen LogP contribution in [0.25, 0.3) is 22.8 Å². The highest BCUT2D eigenvalue weighted by Crippen LogP contribution is 2.19. The first-order valence-corrected chi connectivity index (χ1v) is 15.2. The van der Waals surface area contributed by atoms with Crippen LogP contribution in [0.4, 0.5) is 8.78 Å². The van der Waals surface area contributed by atoms with Gasteiger partial charge in [0.2, 0.25) is 0 Å². The SMILES string of the molecule is C.CON(C)C(=O)c1cc(-c2ccccn2)nn1CCc1ccc(F)cc1.O=C(O)c1cc(-c2ccccn2)nn1CCc1ccc(F)cc1. The van der Waals surface area contributed by atoms with Gasteiger partial charge in [0.25, 0.3) is 5.91 Å². The summed E-state index contributed by atoms with van der Waals surface area (Å²) in [6.07, 6.45) is 4.48. The molecule has 50 heavy (non-hydrogen) atoms. The molecule has 0 unspecified atom stereocenters. The monoisotopic (exact) mass is 681 g/mol. The zero-order valence-corrected chi connectivity index (χ0v) is 26.8. The lowest BCUT2D eigenvalue weighted by Gasteiger charge is -2.14. The summed E-state index contributed by atoms with van der Waals surface area (Å²) in [5.74, 6) is -1.92. The molecular weight excluding hydrogens is 644 g/mol. The maximum Gasteiger partial charge on any atom is 0.354 e. The van der Waals surface area contributed by atoms with Crippen molar-refractivity contribution in [2.75, 3.05) is 14.2 Å². The van der Waals surface area contributed by atoms with E-state index in [2.05, 4.69) is 20.2 Å². The molecule has 0 aliphatic carbocycles. The van der Waals surface area contributed by atoms with Gasteiger partial charge in [0.15, 0.2) is 0 Å². The molecule has 6 rings (SSSR count). The summed E-state index contributed by atoms with van der Waals surface area (Å²) in [4.78, 5) is 37.4. The molecule has 1 N–H and O–H groups in total. The molecular formula is C37H37F2N7O4. The van der Waals surface area contributed by atoms with Gasteiger partial charge in [-0.05, 0) is 78.6 Å². The molecule has 13 heteroatoms. The summed E-state index contributed by atoms with van der Waals surface area (Å²) in [6.45, 7) is 0.858. The van der Waals surface area contributed by atoms with Crippen LogP contribution in [-0.4, -0.2) is 65.7 Å². The number of rotatable bonds is 11. The summed E-state index contributed by atoms with van der Waals surface area (Å²) >= 11 is 0. The average molecular weight is 682 g/mol. The van der Waals surface area contributed by atoms with Crippen molar-refractivity contribution < 1.29 is 28.3 Å². The van der Waals surface area contributed by atoms with Gasteiger partial charge in [-0.2, -0.15) is 10.2 Å². The summed E-state index contributed by atoms with van der Waals surface area (Å²) < 4.78 is 29.0. The second-order valence-electron chi connectivity index (χ2n) is 10.7. The number of benzene rings is 2. The number of aromatic nitrogens is 6. The first-order chi connectivity index (χ1) is 23.7. The normalized spacial score (nSPS) is 10.5. The Morgan fingerprint density at radius 2 is 1.14 bits per heavy atom. The number of hydrogen-bond donors (Lipinski definition) is 1. The third-order valence-corrected chi connectivity index (χ3v) is 7.46. The van der Waals surface area contributed by atoms with Crippen LogP contribution in [0.1, 0.15) is 39.5 Å². The quantitative estimate of drug-likeness (QED) is 0.151. The second kappa shape index (κ2) is 17.4. The Hall–Kier alpha value is -6.08. The minimum Gasteiger partial charge on any atom is -0.477 e. The number of aryl methyl sites for hydroxylation is 4. The molecule has 0 saturated carbocycles. The Kier molecular flexibility index (Phi) is 12.8. The van der Waals surface area contributed by atoms with Gasteiger partial charge < -0.3 is 5.11 Å². The lowest BCUT2D eigenvalue weighted by molar-refractivity contribution is -0.0763. The molecule has 0 aliphatic heterocycles. The zero-order valence-electron chi connectivity index (χ0n) is 26.8. The highest BCUT2D eigenvalue weighted by atomic mass is 19.1. The van der Waals surface area contributed by atoms with Crippen molar-refractivity contribution in [2.45, 2.75) is 33.4 Å². The summed E-state index contributed by atoms with van der Waals surface area (Å²) in [5.41, 5.74) is 4.81. The van der Waals surface area contributed by atoms with Gasteiger partial charge in [-0.25, -0.2) is 18.6 Å². The molecule has 0 bridgehead atoms. The maximum absolute atomic E-state index is 13.1. The van der Waals surface area contributed by atoms with Crippen molar-refractivity contribution in [1.82, 2.24) is 34.6 Å². The molecule has 0 aliphatic rings. The predicted molar refractivity (Wildman–Crippen MR) is 184 cm³/mol. The van der Waals surface area contributed by atoms with Gasteiger partial charge in [0.05, 0.1) is 18.5 Å². The van der Waals surface area contributed by atoms with Gasteiger partial charge in [-0.1, -0.05) is 43.8 Å². The molecule has 0 saturated heterocycles. The van der Waals surface area contributed by atoms with Crippen LogP contribution in [0.2, 0.25) is 0 Å². The number of nitrogens with zero attached hydrogens (tertiary/aromatic N) is 7. The van der Waals surface area contributed by atoms with E-state index in [-0.39, 0.29) is 30.7 Å². The van der Waals surface area contributed by atoms with Crippen LogP contribution in [0.15, 0.2) is 109 Å². The summed E-state index contributed by atoms with van der Waals surface area (Å²) in [5, 5.41) is 19.3. The van der Waals surface area contributed by atoms with E-state index in [0.29, 0.717) is 54.4 Å². The first kappa shape index (κ1) is 36.8. The van der Waals surface area contributed by atoms with E-state index >= 15 is 0 Å². The summed E-state index contributed by atoms with van der Waals surface area (Å²) in [6, 6.07) is 26.5. The second-order valence-corrected chi connectivity index (χ2v) is 10.7. The molecule has 1 amide bonds. The maximum atomic E-state index is 13.1. The standard InChI is InChI=1S/C19H19FN4O2.C17H14FN3O2.CH4/c1-23(26-2)19(25)18-13-17(16-5-3-4-11-21-16)22-24(18)12-10-14-6-8-15(20)9-7-14;18-13-6-4-12(5-7-13)8-10-21-16(17(22)23)11-15(20-21)14-3-1-2-9-19-14;/h3-9,11,13H,10,12H2,1-2H3;1-7,9,11H,8,10H2,(H,22,23);1H4. The minimum atomic E-state index is -1.04. The molecule has 258 valence electrons. The number of amides is 1. The number of halogens is 2. The molecule has 2 aromatic carbocycles. The third kappa shape index (κ3) is 9.51. The Morgan fingerprint density at radius 1 is 0.700 bits per heavy atom. The molecule has 0 atom stereocenters. The van der Waals surface area contributed by atoms with Crippen molar-refractivity contribution >= 4 is 11.9 Å². The van der Waals surface area contributed by atoms with Crippen LogP contribution >= 0.6 is 0 Å². The predicted octanol–water partition coefficient (Wildman–Crippen LogP) is 6.62. The lowest BCUT2D eigenvalue weighted by atomic mass is 10.1. The van der Waals surface area contributed by atoms with E-state index in [9.17, 15) is 23.5 Å². The van der Waals surface area contributed by atoms with Gasteiger partial charge in [-0.3, -0.25) is 29.0 Å². The number of aromatic carboxylic acids is 1. The number of hydroxylamine groups is 2. The van der Waals surface area contributed by atoms with Crippen LogP contribution in [0.3, 0.4) is 0 Å². The topological polar surface area (TPSA) is 128 Å². The zero-order chi connectivity index (χ0) is 34.8. The molecule has 4 aromatic heterocycles. The molecule has 6 aromatic rings. The first-order valence-electron chi connectivity index (χ1n) is 15.2. The van der Waals surface area contributed by atoms with Crippen molar-refractivity contribution in [2.24, 2.45) is 0 Å². The van der Waals surface area contributed by atoms with Crippen molar-refractivity contribution in [3.8, 4) is 22.8 Å². The molecule has 11 nitrogen and oxygen atoms in total. The van der Waals surface area contributed by atoms with Crippen molar-refractivity contribution in [1.29, 1.82) is 0 Å². The van der Waals surface area contributed by atoms with E-state index in [1.54, 1.807) is 66.6 Å². The number of carboxylic acid groups (broad SMARTS) is 1. The van der Waals surface area contributed by atoms with Gasteiger partial charge >= 0.3 is 5.97 Å². The highest BCUT2D eigenvalue weighted by molar-refractivity contribution is 5.92.